The number of nitrogens with two attached hydrogens (primary N) is 2. The first-order chi connectivity index (χ1) is 9.52. The number of amides is 1. The van der Waals surface area contributed by atoms with E-state index in [0.717, 1.165) is 0 Å². The predicted octanol–water partition coefficient (Wildman–Crippen LogP) is -2.67. The van der Waals surface area contributed by atoms with E-state index in [0.29, 0.717) is 0 Å². The van der Waals surface area contributed by atoms with Crippen molar-refractivity contribution in [3.63, 3.8) is 0 Å². The van der Waals surface area contributed by atoms with E-state index in [1.54, 1.807) is 0 Å². The first kappa shape index (κ1) is 13.1. The molecule has 9 nitrogen and oxygen atoms in total. The van der Waals surface area contributed by atoms with Crippen molar-refractivity contribution in [2.45, 2.75) is 30.6 Å². The van der Waals surface area contributed by atoms with Crippen LogP contribution in [-0.4, -0.2) is 71.2 Å². The van der Waals surface area contributed by atoms with E-state index in [1.807, 2.05) is 0 Å². The van der Waals surface area contributed by atoms with Gasteiger partial charge in [-0.2, -0.15) is 9.98 Å². The van der Waals surface area contributed by atoms with Crippen molar-refractivity contribution in [3.8, 4) is 0 Å². The minimum Gasteiger partial charge on any atom is -0.387 e. The van der Waals surface area contributed by atoms with Crippen LogP contribution in [0.1, 0.15) is 0 Å². The van der Waals surface area contributed by atoms with Gasteiger partial charge in [-0.15, -0.1) is 0 Å². The molecular formula is C10H13FN6O3. The normalized spacial score (nSPS) is 39.9. The molecule has 3 aliphatic heterocycles. The molecule has 0 bridgehead atoms. The third-order valence-electron chi connectivity index (χ3n) is 3.34. The molecule has 0 aromatic carbocycles. The van der Waals surface area contributed by atoms with E-state index in [4.69, 9.17) is 16.2 Å². The topological polar surface area (TPSA) is 139 Å². The van der Waals surface area contributed by atoms with Crippen LogP contribution in [0.15, 0.2) is 15.0 Å². The van der Waals surface area contributed by atoms with Crippen LogP contribution in [-0.2, 0) is 9.53 Å². The molecule has 0 saturated carbocycles. The summed E-state index contributed by atoms with van der Waals surface area (Å²) in [6, 6.07) is -0.938. The Labute approximate surface area is 112 Å². The van der Waals surface area contributed by atoms with Gasteiger partial charge < -0.3 is 21.3 Å². The van der Waals surface area contributed by atoms with E-state index in [-0.39, 0.29) is 18.3 Å². The third-order valence-corrected chi connectivity index (χ3v) is 3.34. The van der Waals surface area contributed by atoms with Crippen molar-refractivity contribution in [1.29, 1.82) is 0 Å². The van der Waals surface area contributed by atoms with Gasteiger partial charge in [-0.05, 0) is 0 Å². The highest BCUT2D eigenvalue weighted by atomic mass is 19.1. The zero-order valence-corrected chi connectivity index (χ0v) is 10.3. The van der Waals surface area contributed by atoms with E-state index in [2.05, 4.69) is 15.0 Å². The smallest absolute Gasteiger partial charge is 0.281 e. The van der Waals surface area contributed by atoms with Crippen LogP contribution in [0.25, 0.3) is 0 Å². The van der Waals surface area contributed by atoms with Gasteiger partial charge in [0.05, 0.1) is 6.34 Å². The van der Waals surface area contributed by atoms with Gasteiger partial charge in [-0.25, -0.2) is 4.39 Å². The van der Waals surface area contributed by atoms with E-state index in [1.165, 1.54) is 11.2 Å². The summed E-state index contributed by atoms with van der Waals surface area (Å²) in [7, 11) is 0. The molecule has 3 rings (SSSR count). The molecule has 0 radical (unpaired) electrons. The van der Waals surface area contributed by atoms with Crippen LogP contribution in [0.3, 0.4) is 0 Å². The van der Waals surface area contributed by atoms with Gasteiger partial charge in [0, 0.05) is 6.54 Å². The lowest BCUT2D eigenvalue weighted by molar-refractivity contribution is -0.117. The van der Waals surface area contributed by atoms with Crippen LogP contribution in [0.5, 0.6) is 0 Å². The fraction of sp³-hybridized carbons (Fsp3) is 0.600. The summed E-state index contributed by atoms with van der Waals surface area (Å²) in [4.78, 5) is 24.1. The molecule has 1 saturated heterocycles. The van der Waals surface area contributed by atoms with Crippen LogP contribution < -0.4 is 11.5 Å². The maximum Gasteiger partial charge on any atom is 0.281 e. The number of guanidine groups is 1. The van der Waals surface area contributed by atoms with Crippen molar-refractivity contribution in [2.24, 2.45) is 26.4 Å². The standard InChI is InChI=1S/C10H13FN6O3/c11-4-6(18)3(1-12)20-9(4)17-2-14-5-7(17)15-10(13)16-8(5)19/h2-6,9,18H,1,12H2,(H2,13,16,19)/t3-,4-,5?,6-,9-/m1/s1. The molecule has 1 fully saturated rings. The van der Waals surface area contributed by atoms with Crippen LogP contribution in [0, 0.1) is 0 Å². The molecule has 108 valence electrons. The number of nitrogens with zero attached hydrogens (tertiary/aromatic N) is 4. The third kappa shape index (κ3) is 1.80. The van der Waals surface area contributed by atoms with E-state index in [9.17, 15) is 14.3 Å². The largest absolute Gasteiger partial charge is 0.387 e. The Hall–Kier alpha value is -1.91. The summed E-state index contributed by atoms with van der Waals surface area (Å²) in [5, 5.41) is 9.68. The molecule has 3 aliphatic rings. The number of halogens is 1. The van der Waals surface area contributed by atoms with Crippen LogP contribution in [0.4, 0.5) is 4.39 Å². The Morgan fingerprint density at radius 2 is 2.25 bits per heavy atom. The van der Waals surface area contributed by atoms with Crippen molar-refractivity contribution in [2.75, 3.05) is 6.54 Å². The van der Waals surface area contributed by atoms with Crippen LogP contribution in [0.2, 0.25) is 0 Å². The molecule has 0 aromatic heterocycles. The quantitative estimate of drug-likeness (QED) is 0.505. The molecule has 3 heterocycles. The number of hydrogen-bond acceptors (Lipinski definition) is 8. The number of carbonyl (C=O) groups excluding carboxylic acids is 1. The molecule has 5 atom stereocenters. The van der Waals surface area contributed by atoms with Gasteiger partial charge >= 0.3 is 0 Å². The lowest BCUT2D eigenvalue weighted by Gasteiger charge is -2.26. The number of amidine groups is 1. The van der Waals surface area contributed by atoms with Gasteiger partial charge in [-0.1, -0.05) is 0 Å². The first-order valence-corrected chi connectivity index (χ1v) is 5.99. The number of aliphatic hydroxyl groups excluding tert-OH is 1. The number of alkyl halides is 1. The summed E-state index contributed by atoms with van der Waals surface area (Å²) in [6.07, 6.45) is -3.79. The summed E-state index contributed by atoms with van der Waals surface area (Å²) in [5.74, 6) is -0.656. The second-order valence-electron chi connectivity index (χ2n) is 4.59. The Morgan fingerprint density at radius 3 is 2.90 bits per heavy atom. The first-order valence-electron chi connectivity index (χ1n) is 5.99. The SMILES string of the molecule is NC[C@H]1O[C@@H](N2C=NC3C(=O)N=C(N)N=C32)[C@H](F)[C@@H]1O. The zero-order chi connectivity index (χ0) is 14.4. The van der Waals surface area contributed by atoms with Crippen molar-refractivity contribution in [1.82, 2.24) is 4.90 Å². The maximum absolute atomic E-state index is 14.1. The van der Waals surface area contributed by atoms with Crippen molar-refractivity contribution in [3.05, 3.63) is 0 Å². The minimum absolute atomic E-state index is 0.0263. The van der Waals surface area contributed by atoms with Gasteiger partial charge in [0.1, 0.15) is 12.2 Å². The van der Waals surface area contributed by atoms with Gasteiger partial charge in [-0.3, -0.25) is 14.7 Å². The maximum atomic E-state index is 14.1. The van der Waals surface area contributed by atoms with Crippen LogP contribution >= 0.6 is 0 Å². The second kappa shape index (κ2) is 4.58. The highest BCUT2D eigenvalue weighted by Crippen LogP contribution is 2.28. The van der Waals surface area contributed by atoms with Gasteiger partial charge in [0.15, 0.2) is 24.3 Å². The lowest BCUT2D eigenvalue weighted by Crippen LogP contribution is -2.48. The fourth-order valence-electron chi connectivity index (χ4n) is 2.33. The Kier molecular flexibility index (Phi) is 3.00. The molecular weight excluding hydrogens is 271 g/mol. The summed E-state index contributed by atoms with van der Waals surface area (Å²) >= 11 is 0. The van der Waals surface area contributed by atoms with Crippen molar-refractivity contribution < 1.29 is 19.0 Å². The number of fused-ring (bicyclic) bond motifs is 1. The van der Waals surface area contributed by atoms with E-state index < -0.39 is 36.6 Å². The Balaban J connectivity index is 1.87. The average Bonchev–Trinajstić information content (AvgIpc) is 2.93. The number of aliphatic imine (C=N–C) groups is 3. The lowest BCUT2D eigenvalue weighted by atomic mass is 10.1. The Bertz CT molecular complexity index is 535. The van der Waals surface area contributed by atoms with Gasteiger partial charge in [0.2, 0.25) is 5.96 Å². The molecule has 0 aromatic rings. The van der Waals surface area contributed by atoms with E-state index >= 15 is 0 Å². The summed E-state index contributed by atoms with van der Waals surface area (Å²) < 4.78 is 19.4. The number of hydrogen-bond donors (Lipinski definition) is 3. The highest BCUT2D eigenvalue weighted by molar-refractivity contribution is 6.21. The fourth-order valence-corrected chi connectivity index (χ4v) is 2.33. The molecule has 20 heavy (non-hydrogen) atoms. The summed E-state index contributed by atoms with van der Waals surface area (Å²) in [6.45, 7) is -0.0263. The highest BCUT2D eigenvalue weighted by Gasteiger charge is 2.50. The molecule has 1 unspecified atom stereocenters. The Morgan fingerprint density at radius 1 is 1.50 bits per heavy atom. The number of ether oxygens (including phenoxy) is 1. The second-order valence-corrected chi connectivity index (χ2v) is 4.59. The molecule has 5 N–H and O–H groups in total. The monoisotopic (exact) mass is 284 g/mol. The minimum atomic E-state index is -1.70. The zero-order valence-electron chi connectivity index (χ0n) is 10.3. The summed E-state index contributed by atoms with van der Waals surface area (Å²) in [5.41, 5.74) is 10.8. The van der Waals surface area contributed by atoms with Crippen molar-refractivity contribution >= 4 is 24.0 Å². The molecule has 1 amide bonds. The molecule has 0 spiro atoms. The number of rotatable bonds is 2. The average molecular weight is 284 g/mol. The number of aliphatic hydroxyl groups is 1. The van der Waals surface area contributed by atoms with Gasteiger partial charge in [0.25, 0.3) is 5.91 Å². The molecule has 0 aliphatic carbocycles. The number of carbonyl (C=O) groups is 1. The predicted molar refractivity (Wildman–Crippen MR) is 66.8 cm³/mol. The molecule has 10 heteroatoms.